The number of Topliss-reactive ketones (excluding diaryl/α,β-unsaturated/α-hetero) is 1. The number of piperidine rings is 1. The van der Waals surface area contributed by atoms with E-state index in [1.165, 1.54) is 20.3 Å². The standard InChI is InChI=1S/C13H23NO3/c1-12(2)7-5-6-8-14(12)9-10(15)13(3,4)11(16)17/h5-9H2,1-4H3,(H,16,17). The van der Waals surface area contributed by atoms with Gasteiger partial charge in [-0.1, -0.05) is 6.42 Å². The van der Waals surface area contributed by atoms with Crippen LogP contribution in [0.15, 0.2) is 0 Å². The van der Waals surface area contributed by atoms with Gasteiger partial charge in [0.25, 0.3) is 0 Å². The largest absolute Gasteiger partial charge is 0.481 e. The highest BCUT2D eigenvalue weighted by Crippen LogP contribution is 2.28. The van der Waals surface area contributed by atoms with Crippen LogP contribution < -0.4 is 0 Å². The van der Waals surface area contributed by atoms with E-state index in [1.54, 1.807) is 0 Å². The molecule has 0 aromatic rings. The lowest BCUT2D eigenvalue weighted by molar-refractivity contribution is -0.153. The van der Waals surface area contributed by atoms with Gasteiger partial charge in [0.05, 0.1) is 6.54 Å². The maximum absolute atomic E-state index is 12.0. The lowest BCUT2D eigenvalue weighted by Crippen LogP contribution is -2.52. The third-order valence-corrected chi connectivity index (χ3v) is 3.89. The maximum atomic E-state index is 12.0. The van der Waals surface area contributed by atoms with E-state index in [0.717, 1.165) is 19.4 Å². The minimum atomic E-state index is -1.28. The van der Waals surface area contributed by atoms with Crippen LogP contribution in [0.3, 0.4) is 0 Å². The second-order valence-corrected chi connectivity index (χ2v) is 6.04. The van der Waals surface area contributed by atoms with Crippen molar-refractivity contribution in [3.8, 4) is 0 Å². The summed E-state index contributed by atoms with van der Waals surface area (Å²) in [6, 6.07) is 0. The van der Waals surface area contributed by atoms with Crippen LogP contribution >= 0.6 is 0 Å². The number of hydrogen-bond acceptors (Lipinski definition) is 3. The quantitative estimate of drug-likeness (QED) is 0.764. The van der Waals surface area contributed by atoms with Crippen molar-refractivity contribution in [2.24, 2.45) is 5.41 Å². The number of rotatable bonds is 4. The topological polar surface area (TPSA) is 57.6 Å². The van der Waals surface area contributed by atoms with E-state index in [1.807, 2.05) is 0 Å². The van der Waals surface area contributed by atoms with Gasteiger partial charge in [-0.3, -0.25) is 14.5 Å². The Hall–Kier alpha value is -0.900. The number of carbonyl (C=O) groups is 2. The Morgan fingerprint density at radius 2 is 1.88 bits per heavy atom. The molecule has 0 saturated carbocycles. The molecule has 0 radical (unpaired) electrons. The maximum Gasteiger partial charge on any atom is 0.316 e. The molecule has 0 aliphatic carbocycles. The summed E-state index contributed by atoms with van der Waals surface area (Å²) in [5, 5.41) is 9.03. The number of ketones is 1. The molecule has 1 heterocycles. The Kier molecular flexibility index (Phi) is 3.97. The van der Waals surface area contributed by atoms with Crippen LogP contribution in [0.25, 0.3) is 0 Å². The molecule has 4 nitrogen and oxygen atoms in total. The smallest absolute Gasteiger partial charge is 0.316 e. The van der Waals surface area contributed by atoms with Crippen LogP contribution in [-0.4, -0.2) is 40.4 Å². The number of carboxylic acids is 1. The molecule has 0 amide bonds. The normalized spacial score (nSPS) is 21.2. The Balaban J connectivity index is 2.71. The monoisotopic (exact) mass is 241 g/mol. The average molecular weight is 241 g/mol. The number of nitrogens with zero attached hydrogens (tertiary/aromatic N) is 1. The second-order valence-electron chi connectivity index (χ2n) is 6.04. The molecule has 1 aliphatic rings. The highest BCUT2D eigenvalue weighted by Gasteiger charge is 2.39. The third kappa shape index (κ3) is 3.06. The molecule has 1 N–H and O–H groups in total. The van der Waals surface area contributed by atoms with Crippen LogP contribution in [0.5, 0.6) is 0 Å². The van der Waals surface area contributed by atoms with Crippen LogP contribution in [0.1, 0.15) is 47.0 Å². The summed E-state index contributed by atoms with van der Waals surface area (Å²) >= 11 is 0. The first-order valence-corrected chi connectivity index (χ1v) is 6.20. The van der Waals surface area contributed by atoms with Crippen molar-refractivity contribution < 1.29 is 14.7 Å². The molecule has 0 aromatic carbocycles. The van der Waals surface area contributed by atoms with Crippen molar-refractivity contribution in [1.29, 1.82) is 0 Å². The van der Waals surface area contributed by atoms with Gasteiger partial charge in [0, 0.05) is 5.54 Å². The van der Waals surface area contributed by atoms with Gasteiger partial charge in [0.2, 0.25) is 0 Å². The van der Waals surface area contributed by atoms with Crippen LogP contribution in [-0.2, 0) is 9.59 Å². The SMILES string of the molecule is CC(C)(C(=O)O)C(=O)CN1CCCCC1(C)C. The van der Waals surface area contributed by atoms with Crippen molar-refractivity contribution in [1.82, 2.24) is 4.90 Å². The highest BCUT2D eigenvalue weighted by molar-refractivity contribution is 6.03. The van der Waals surface area contributed by atoms with Crippen LogP contribution in [0.2, 0.25) is 0 Å². The first kappa shape index (κ1) is 14.2. The Morgan fingerprint density at radius 3 is 2.35 bits per heavy atom. The van der Waals surface area contributed by atoms with Gasteiger partial charge in [0.1, 0.15) is 5.41 Å². The molecule has 1 aliphatic heterocycles. The van der Waals surface area contributed by atoms with E-state index in [0.29, 0.717) is 0 Å². The van der Waals surface area contributed by atoms with Gasteiger partial charge in [-0.05, 0) is 47.1 Å². The van der Waals surface area contributed by atoms with Crippen LogP contribution in [0, 0.1) is 5.41 Å². The number of carboxylic acid groups (broad SMARTS) is 1. The summed E-state index contributed by atoms with van der Waals surface area (Å²) in [6.45, 7) is 8.32. The molecule has 4 heteroatoms. The summed E-state index contributed by atoms with van der Waals surface area (Å²) in [4.78, 5) is 25.2. The molecule has 0 aromatic heterocycles. The number of carbonyl (C=O) groups excluding carboxylic acids is 1. The highest BCUT2D eigenvalue weighted by atomic mass is 16.4. The summed E-state index contributed by atoms with van der Waals surface area (Å²) in [5.41, 5.74) is -1.28. The lowest BCUT2D eigenvalue weighted by atomic mass is 9.85. The van der Waals surface area contributed by atoms with Gasteiger partial charge in [-0.25, -0.2) is 0 Å². The molecule has 1 saturated heterocycles. The van der Waals surface area contributed by atoms with E-state index in [2.05, 4.69) is 18.7 Å². The fourth-order valence-corrected chi connectivity index (χ4v) is 2.10. The Bertz CT molecular complexity index is 321. The summed E-state index contributed by atoms with van der Waals surface area (Å²) in [6.07, 6.45) is 3.33. The molecule has 17 heavy (non-hydrogen) atoms. The zero-order chi connectivity index (χ0) is 13.3. The molecule has 0 bridgehead atoms. The zero-order valence-corrected chi connectivity index (χ0v) is 11.2. The fraction of sp³-hybridized carbons (Fsp3) is 0.846. The number of hydrogen-bond donors (Lipinski definition) is 1. The predicted molar refractivity (Wildman–Crippen MR) is 65.9 cm³/mol. The van der Waals surface area contributed by atoms with Gasteiger partial charge in [-0.2, -0.15) is 0 Å². The van der Waals surface area contributed by atoms with E-state index in [9.17, 15) is 9.59 Å². The van der Waals surface area contributed by atoms with Gasteiger partial charge < -0.3 is 5.11 Å². The van der Waals surface area contributed by atoms with Crippen molar-refractivity contribution in [2.45, 2.75) is 52.5 Å². The predicted octanol–water partition coefficient (Wildman–Crippen LogP) is 1.93. The number of aliphatic carboxylic acids is 1. The van der Waals surface area contributed by atoms with E-state index in [-0.39, 0.29) is 17.9 Å². The minimum Gasteiger partial charge on any atom is -0.481 e. The average Bonchev–Trinajstić information content (AvgIpc) is 2.20. The molecule has 1 fully saturated rings. The Morgan fingerprint density at radius 1 is 1.29 bits per heavy atom. The number of likely N-dealkylation sites (tertiary alicyclic amines) is 1. The third-order valence-electron chi connectivity index (χ3n) is 3.89. The van der Waals surface area contributed by atoms with E-state index in [4.69, 9.17) is 5.11 Å². The molecule has 98 valence electrons. The van der Waals surface area contributed by atoms with Crippen molar-refractivity contribution >= 4 is 11.8 Å². The van der Waals surface area contributed by atoms with Crippen molar-refractivity contribution in [3.63, 3.8) is 0 Å². The van der Waals surface area contributed by atoms with Crippen molar-refractivity contribution in [3.05, 3.63) is 0 Å². The summed E-state index contributed by atoms with van der Waals surface area (Å²) in [7, 11) is 0. The Labute approximate surface area is 103 Å². The van der Waals surface area contributed by atoms with Crippen molar-refractivity contribution in [2.75, 3.05) is 13.1 Å². The molecular formula is C13H23NO3. The van der Waals surface area contributed by atoms with Gasteiger partial charge >= 0.3 is 5.97 Å². The van der Waals surface area contributed by atoms with E-state index < -0.39 is 11.4 Å². The van der Waals surface area contributed by atoms with Crippen LogP contribution in [0.4, 0.5) is 0 Å². The molecule has 0 spiro atoms. The van der Waals surface area contributed by atoms with Gasteiger partial charge in [-0.15, -0.1) is 0 Å². The molecule has 0 unspecified atom stereocenters. The zero-order valence-electron chi connectivity index (χ0n) is 11.2. The lowest BCUT2D eigenvalue weighted by Gasteiger charge is -2.42. The fourth-order valence-electron chi connectivity index (χ4n) is 2.10. The first-order chi connectivity index (χ1) is 7.68. The molecular weight excluding hydrogens is 218 g/mol. The van der Waals surface area contributed by atoms with E-state index >= 15 is 0 Å². The van der Waals surface area contributed by atoms with Gasteiger partial charge in [0.15, 0.2) is 5.78 Å². The molecule has 1 rings (SSSR count). The first-order valence-electron chi connectivity index (χ1n) is 6.20. The summed E-state index contributed by atoms with van der Waals surface area (Å²) in [5.74, 6) is -1.25. The summed E-state index contributed by atoms with van der Waals surface area (Å²) < 4.78 is 0. The second kappa shape index (κ2) is 4.77. The minimum absolute atomic E-state index is 0.00247. The molecule has 0 atom stereocenters.